The van der Waals surface area contributed by atoms with Gasteiger partial charge in [-0.3, -0.25) is 9.78 Å². The summed E-state index contributed by atoms with van der Waals surface area (Å²) in [6.45, 7) is 5.65. The van der Waals surface area contributed by atoms with Crippen LogP contribution in [0.25, 0.3) is 11.1 Å². The van der Waals surface area contributed by atoms with Crippen LogP contribution in [0.3, 0.4) is 0 Å². The Kier molecular flexibility index (Phi) is 13.1. The molecule has 3 atom stereocenters. The Balaban J connectivity index is 1.18. The number of rotatable bonds is 16. The minimum Gasteiger partial charge on any atom is -0.493 e. The average molecular weight is 755 g/mol. The molecule has 0 spiro atoms. The first kappa shape index (κ1) is 39.0. The quantitative estimate of drug-likeness (QED) is 0.0967. The molecule has 1 aromatic heterocycles. The van der Waals surface area contributed by atoms with Gasteiger partial charge in [-0.25, -0.2) is 0 Å². The summed E-state index contributed by atoms with van der Waals surface area (Å²) in [5.74, 6) is 0.459. The summed E-state index contributed by atoms with van der Waals surface area (Å²) in [4.78, 5) is 17.8. The van der Waals surface area contributed by atoms with Crippen molar-refractivity contribution in [3.63, 3.8) is 0 Å². The Hall–Kier alpha value is -4.70. The van der Waals surface area contributed by atoms with E-state index in [4.69, 9.17) is 31.5 Å². The predicted molar refractivity (Wildman–Crippen MR) is 205 cm³/mol. The number of nitriles is 1. The van der Waals surface area contributed by atoms with Gasteiger partial charge in [-0.2, -0.15) is 5.26 Å². The number of aryl methyl sites for hydroxylation is 1. The zero-order valence-electron chi connectivity index (χ0n) is 30.4. The molecular formula is C42H47ClN4O7. The number of aliphatic hydroxyl groups is 2. The highest BCUT2D eigenvalue weighted by Gasteiger charge is 2.29. The Morgan fingerprint density at radius 2 is 1.83 bits per heavy atom. The number of pyridine rings is 1. The van der Waals surface area contributed by atoms with Crippen LogP contribution in [0.15, 0.2) is 67.0 Å². The van der Waals surface area contributed by atoms with Crippen LogP contribution in [0.1, 0.15) is 71.6 Å². The minimum atomic E-state index is -1.43. The maximum atomic E-state index is 11.3. The number of nitrogens with zero attached hydrogens (tertiary/aromatic N) is 3. The van der Waals surface area contributed by atoms with Crippen LogP contribution in [-0.2, 0) is 24.2 Å². The van der Waals surface area contributed by atoms with E-state index in [-0.39, 0.29) is 31.7 Å². The fraction of sp³-hybridized carbons (Fsp3) is 0.405. The maximum absolute atomic E-state index is 11.3. The van der Waals surface area contributed by atoms with Gasteiger partial charge >= 0.3 is 5.97 Å². The van der Waals surface area contributed by atoms with Gasteiger partial charge in [-0.05, 0) is 103 Å². The standard InChI is InChI=1S/C42H47ClN4O7/c1-26-31(5-3-8-37(26)52-18-4-15-47-16-13-30(48)14-17-47)32-6-2-7-34-33(32)10-12-38(34)54-40-21-39(53-25-28-19-27(22-44)23-46-24-28)29(20-35(40)43)9-11-36(49)41(45)42(50)51/h2-3,5-8,19-21,23-24,30,36,38,41,48-49H,4,9-18,25,45H2,1H3,(H,50,51)/t36-,38+,41+/m1/s1. The van der Waals surface area contributed by atoms with Gasteiger partial charge in [0.25, 0.3) is 0 Å². The summed E-state index contributed by atoms with van der Waals surface area (Å²) in [6.07, 6.45) is 5.84. The SMILES string of the molecule is Cc1c(OCCCN2CCC(O)CC2)cccc1-c1cccc2c1CC[C@@H]2Oc1cc(OCc2cncc(C#N)c2)c(CC[C@@H](O)[C@H](N)C(=O)O)cc1Cl. The van der Waals surface area contributed by atoms with Gasteiger partial charge in [0.2, 0.25) is 0 Å². The van der Waals surface area contributed by atoms with Crippen LogP contribution >= 0.6 is 11.6 Å². The number of benzene rings is 3. The van der Waals surface area contributed by atoms with Gasteiger partial charge in [-0.1, -0.05) is 41.9 Å². The molecule has 284 valence electrons. The number of hydrogen-bond donors (Lipinski definition) is 4. The van der Waals surface area contributed by atoms with Gasteiger partial charge in [0, 0.05) is 43.7 Å². The van der Waals surface area contributed by atoms with E-state index in [1.807, 2.05) is 18.2 Å². The van der Waals surface area contributed by atoms with Crippen LogP contribution in [0, 0.1) is 18.3 Å². The molecule has 0 radical (unpaired) electrons. The lowest BCUT2D eigenvalue weighted by Gasteiger charge is -2.29. The van der Waals surface area contributed by atoms with Crippen molar-refractivity contribution >= 4 is 17.6 Å². The minimum absolute atomic E-state index is 0.0701. The van der Waals surface area contributed by atoms with Gasteiger partial charge in [0.05, 0.1) is 29.4 Å². The molecule has 1 aliphatic carbocycles. The number of aromatic nitrogens is 1. The number of hydrogen-bond acceptors (Lipinski definition) is 10. The van der Waals surface area contributed by atoms with Crippen molar-refractivity contribution in [2.24, 2.45) is 5.73 Å². The summed E-state index contributed by atoms with van der Waals surface area (Å²) in [5.41, 5.74) is 13.0. The third kappa shape index (κ3) is 9.50. The lowest BCUT2D eigenvalue weighted by atomic mass is 9.93. The van der Waals surface area contributed by atoms with E-state index in [1.54, 1.807) is 24.4 Å². The predicted octanol–water partition coefficient (Wildman–Crippen LogP) is 6.16. The second-order valence-corrected chi connectivity index (χ2v) is 14.5. The molecule has 2 heterocycles. The molecule has 0 bridgehead atoms. The first-order valence-corrected chi connectivity index (χ1v) is 18.9. The zero-order valence-corrected chi connectivity index (χ0v) is 31.2. The summed E-state index contributed by atoms with van der Waals surface area (Å²) in [7, 11) is 0. The second-order valence-electron chi connectivity index (χ2n) is 14.1. The van der Waals surface area contributed by atoms with E-state index in [1.165, 1.54) is 11.8 Å². The molecule has 0 saturated carbocycles. The molecule has 2 aliphatic rings. The molecule has 3 aromatic carbocycles. The van der Waals surface area contributed by atoms with E-state index in [9.17, 15) is 25.4 Å². The first-order valence-electron chi connectivity index (χ1n) is 18.5. The molecule has 0 unspecified atom stereocenters. The van der Waals surface area contributed by atoms with E-state index in [0.29, 0.717) is 39.8 Å². The van der Waals surface area contributed by atoms with E-state index in [2.05, 4.69) is 41.1 Å². The van der Waals surface area contributed by atoms with Gasteiger partial charge in [0.15, 0.2) is 0 Å². The topological polar surface area (TPSA) is 171 Å². The number of carboxylic acid groups (broad SMARTS) is 1. The Morgan fingerprint density at radius 3 is 2.61 bits per heavy atom. The van der Waals surface area contributed by atoms with Crippen molar-refractivity contribution in [1.29, 1.82) is 5.26 Å². The molecule has 5 N–H and O–H groups in total. The number of carbonyl (C=O) groups is 1. The summed E-state index contributed by atoms with van der Waals surface area (Å²) < 4.78 is 19.1. The van der Waals surface area contributed by atoms with Crippen molar-refractivity contribution in [3.8, 4) is 34.4 Å². The number of aliphatic hydroxyl groups excluding tert-OH is 2. The first-order chi connectivity index (χ1) is 26.1. The van der Waals surface area contributed by atoms with Gasteiger partial charge in [0.1, 0.15) is 42.1 Å². The lowest BCUT2D eigenvalue weighted by Crippen LogP contribution is -2.41. The van der Waals surface area contributed by atoms with Crippen molar-refractivity contribution < 1.29 is 34.3 Å². The fourth-order valence-electron chi connectivity index (χ4n) is 7.25. The molecular weight excluding hydrogens is 708 g/mol. The van der Waals surface area contributed by atoms with Crippen molar-refractivity contribution in [2.45, 2.75) is 82.8 Å². The number of ether oxygens (including phenoxy) is 3. The molecule has 11 nitrogen and oxygen atoms in total. The van der Waals surface area contributed by atoms with Crippen molar-refractivity contribution in [2.75, 3.05) is 26.2 Å². The molecule has 4 aromatic rings. The molecule has 0 amide bonds. The van der Waals surface area contributed by atoms with E-state index >= 15 is 0 Å². The normalized spacial score (nSPS) is 17.0. The van der Waals surface area contributed by atoms with E-state index < -0.39 is 18.1 Å². The van der Waals surface area contributed by atoms with Crippen LogP contribution in [0.5, 0.6) is 17.2 Å². The Morgan fingerprint density at radius 1 is 1.06 bits per heavy atom. The number of nitrogens with two attached hydrogens (primary N) is 1. The van der Waals surface area contributed by atoms with Crippen LogP contribution < -0.4 is 19.9 Å². The Bertz CT molecular complexity index is 1980. The summed E-state index contributed by atoms with van der Waals surface area (Å²) in [5, 5.41) is 39.1. The highest BCUT2D eigenvalue weighted by Crippen LogP contribution is 2.44. The van der Waals surface area contributed by atoms with E-state index in [0.717, 1.165) is 79.7 Å². The number of aliphatic carboxylic acids is 1. The second kappa shape index (κ2) is 18.1. The summed E-state index contributed by atoms with van der Waals surface area (Å²) >= 11 is 6.82. The molecule has 6 rings (SSSR count). The lowest BCUT2D eigenvalue weighted by molar-refractivity contribution is -0.141. The third-order valence-corrected chi connectivity index (χ3v) is 10.6. The number of likely N-dealkylation sites (tertiary alicyclic amines) is 1. The van der Waals surface area contributed by atoms with Crippen LogP contribution in [0.2, 0.25) is 5.02 Å². The number of halogens is 1. The fourth-order valence-corrected chi connectivity index (χ4v) is 7.48. The molecule has 1 saturated heterocycles. The largest absolute Gasteiger partial charge is 0.493 e. The monoisotopic (exact) mass is 754 g/mol. The van der Waals surface area contributed by atoms with Gasteiger partial charge < -0.3 is 40.2 Å². The molecule has 1 fully saturated rings. The van der Waals surface area contributed by atoms with Crippen molar-refractivity contribution in [1.82, 2.24) is 9.88 Å². The summed E-state index contributed by atoms with van der Waals surface area (Å²) in [6, 6.07) is 18.3. The Labute approximate surface area is 320 Å². The average Bonchev–Trinajstić information content (AvgIpc) is 3.59. The maximum Gasteiger partial charge on any atom is 0.323 e. The number of carboxylic acids is 1. The number of piperidine rings is 1. The highest BCUT2D eigenvalue weighted by atomic mass is 35.5. The third-order valence-electron chi connectivity index (χ3n) is 10.3. The van der Waals surface area contributed by atoms with Crippen LogP contribution in [0.4, 0.5) is 0 Å². The van der Waals surface area contributed by atoms with Crippen LogP contribution in [-0.4, -0.2) is 75.7 Å². The highest BCUT2D eigenvalue weighted by molar-refractivity contribution is 6.32. The molecule has 1 aliphatic heterocycles. The van der Waals surface area contributed by atoms with Crippen molar-refractivity contribution in [3.05, 3.63) is 105 Å². The van der Waals surface area contributed by atoms with Gasteiger partial charge in [-0.15, -0.1) is 0 Å². The number of fused-ring (bicyclic) bond motifs is 1. The molecule has 54 heavy (non-hydrogen) atoms. The zero-order chi connectivity index (χ0) is 38.2. The smallest absolute Gasteiger partial charge is 0.323 e. The molecule has 12 heteroatoms.